The molecule has 1 unspecified atom stereocenters. The van der Waals surface area contributed by atoms with E-state index in [4.69, 9.17) is 5.11 Å². The lowest BCUT2D eigenvalue weighted by Crippen LogP contribution is -2.46. The lowest BCUT2D eigenvalue weighted by atomic mass is 10.1. The Kier molecular flexibility index (Phi) is 6.01. The molecule has 0 spiro atoms. The summed E-state index contributed by atoms with van der Waals surface area (Å²) < 4.78 is 0. The number of aliphatic hydroxyl groups is 1. The van der Waals surface area contributed by atoms with Gasteiger partial charge in [-0.2, -0.15) is 0 Å². The molecule has 0 fully saturated rings. The number of amides is 2. The van der Waals surface area contributed by atoms with Crippen molar-refractivity contribution in [3.8, 4) is 0 Å². The van der Waals surface area contributed by atoms with Crippen molar-refractivity contribution in [1.82, 2.24) is 10.3 Å². The molecule has 0 aliphatic rings. The maximum absolute atomic E-state index is 11.7. The minimum Gasteiger partial charge on any atom is -0.479 e. The van der Waals surface area contributed by atoms with Gasteiger partial charge in [-0.25, -0.2) is 9.78 Å². The Labute approximate surface area is 131 Å². The molecule has 1 aromatic heterocycles. The molecule has 0 aliphatic carbocycles. The number of rotatable bonds is 7. The fourth-order valence-electron chi connectivity index (χ4n) is 1.27. The summed E-state index contributed by atoms with van der Waals surface area (Å²) in [7, 11) is 0. The van der Waals surface area contributed by atoms with E-state index in [1.807, 2.05) is 0 Å². The molecule has 4 N–H and O–H groups in total. The first-order valence-corrected chi connectivity index (χ1v) is 7.47. The summed E-state index contributed by atoms with van der Waals surface area (Å²) in [6, 6.07) is 0. The Bertz CT molecular complexity index is 568. The molecule has 1 heterocycles. The lowest BCUT2D eigenvalue weighted by molar-refractivity contribution is -0.156. The Morgan fingerprint density at radius 1 is 1.41 bits per heavy atom. The number of nitrogens with one attached hydrogen (secondary N) is 2. The number of carbonyl (C=O) groups is 3. The summed E-state index contributed by atoms with van der Waals surface area (Å²) in [4.78, 5) is 38.0. The predicted octanol–water partition coefficient (Wildman–Crippen LogP) is 0.232. The molecule has 0 aliphatic heterocycles. The van der Waals surface area contributed by atoms with Gasteiger partial charge in [-0.15, -0.1) is 11.3 Å². The van der Waals surface area contributed by atoms with Crippen LogP contribution in [0.3, 0.4) is 0 Å². The molecule has 2 amide bonds. The number of aromatic nitrogens is 1. The van der Waals surface area contributed by atoms with Crippen molar-refractivity contribution < 1.29 is 24.6 Å². The summed E-state index contributed by atoms with van der Waals surface area (Å²) in [5.41, 5.74) is -1.56. The number of thiazole rings is 1. The Morgan fingerprint density at radius 2 is 2.05 bits per heavy atom. The molecule has 0 bridgehead atoms. The van der Waals surface area contributed by atoms with Crippen LogP contribution in [-0.4, -0.2) is 45.1 Å². The third-order valence-electron chi connectivity index (χ3n) is 2.74. The number of hydrogen-bond acceptors (Lipinski definition) is 6. The van der Waals surface area contributed by atoms with Crippen molar-refractivity contribution in [1.29, 1.82) is 0 Å². The SMILES string of the molecule is CC(C)C(=O)Nc1nc(CC(=O)NCC(C)(O)C(=O)O)cs1. The Hall–Kier alpha value is -2.00. The van der Waals surface area contributed by atoms with Crippen molar-refractivity contribution in [2.75, 3.05) is 11.9 Å². The normalized spacial score (nSPS) is 13.5. The molecule has 0 saturated carbocycles. The van der Waals surface area contributed by atoms with Gasteiger partial charge < -0.3 is 20.8 Å². The number of aliphatic carboxylic acids is 1. The molecule has 1 atom stereocenters. The van der Waals surface area contributed by atoms with Gasteiger partial charge in [0.25, 0.3) is 0 Å². The van der Waals surface area contributed by atoms with Crippen LogP contribution in [0.5, 0.6) is 0 Å². The van der Waals surface area contributed by atoms with Crippen molar-refractivity contribution in [3.63, 3.8) is 0 Å². The molecule has 0 aromatic carbocycles. The number of carbonyl (C=O) groups excluding carboxylic acids is 2. The number of carboxylic acids is 1. The third kappa shape index (κ3) is 5.41. The number of anilines is 1. The lowest BCUT2D eigenvalue weighted by Gasteiger charge is -2.17. The van der Waals surface area contributed by atoms with Crippen molar-refractivity contribution in [3.05, 3.63) is 11.1 Å². The third-order valence-corrected chi connectivity index (χ3v) is 3.54. The summed E-state index contributed by atoms with van der Waals surface area (Å²) in [6.07, 6.45) is -0.0657. The summed E-state index contributed by atoms with van der Waals surface area (Å²) in [5.74, 6) is -2.22. The van der Waals surface area contributed by atoms with E-state index >= 15 is 0 Å². The van der Waals surface area contributed by atoms with Crippen LogP contribution in [0.1, 0.15) is 26.5 Å². The van der Waals surface area contributed by atoms with Crippen LogP contribution < -0.4 is 10.6 Å². The van der Waals surface area contributed by atoms with Gasteiger partial charge in [0, 0.05) is 11.3 Å². The maximum Gasteiger partial charge on any atom is 0.337 e. The van der Waals surface area contributed by atoms with Crippen LogP contribution in [0.15, 0.2) is 5.38 Å². The zero-order chi connectivity index (χ0) is 16.9. The predicted molar refractivity (Wildman–Crippen MR) is 80.6 cm³/mol. The molecular weight excluding hydrogens is 310 g/mol. The van der Waals surface area contributed by atoms with Gasteiger partial charge in [-0.05, 0) is 6.92 Å². The van der Waals surface area contributed by atoms with Gasteiger partial charge >= 0.3 is 5.97 Å². The van der Waals surface area contributed by atoms with Gasteiger partial charge in [0.15, 0.2) is 10.7 Å². The standard InChI is InChI=1S/C13H19N3O5S/c1-7(2)10(18)16-12-15-8(5-22-12)4-9(17)14-6-13(3,21)11(19)20/h5,7,21H,4,6H2,1-3H3,(H,14,17)(H,19,20)(H,15,16,18). The van der Waals surface area contributed by atoms with Crippen LogP contribution in [0, 0.1) is 5.92 Å². The highest BCUT2D eigenvalue weighted by atomic mass is 32.1. The highest BCUT2D eigenvalue weighted by Crippen LogP contribution is 2.16. The second-order valence-corrected chi connectivity index (χ2v) is 6.18. The monoisotopic (exact) mass is 329 g/mol. The minimum absolute atomic E-state index is 0.0657. The van der Waals surface area contributed by atoms with Crippen LogP contribution in [0.25, 0.3) is 0 Å². The van der Waals surface area contributed by atoms with Crippen LogP contribution in [0.4, 0.5) is 5.13 Å². The molecule has 1 rings (SSSR count). The first-order valence-electron chi connectivity index (χ1n) is 6.59. The fourth-order valence-corrected chi connectivity index (χ4v) is 1.98. The zero-order valence-electron chi connectivity index (χ0n) is 12.5. The van der Waals surface area contributed by atoms with E-state index in [0.29, 0.717) is 10.8 Å². The highest BCUT2D eigenvalue weighted by Gasteiger charge is 2.30. The first-order chi connectivity index (χ1) is 10.1. The van der Waals surface area contributed by atoms with E-state index in [9.17, 15) is 19.5 Å². The van der Waals surface area contributed by atoms with Gasteiger partial charge in [0.1, 0.15) is 0 Å². The van der Waals surface area contributed by atoms with Gasteiger partial charge in [0.05, 0.1) is 18.7 Å². The van der Waals surface area contributed by atoms with E-state index in [1.54, 1.807) is 19.2 Å². The minimum atomic E-state index is -2.02. The first kappa shape index (κ1) is 18.1. The Balaban J connectivity index is 2.51. The molecule has 0 saturated heterocycles. The average Bonchev–Trinajstić information content (AvgIpc) is 2.83. The fraction of sp³-hybridized carbons (Fsp3) is 0.538. The molecule has 1 aromatic rings. The van der Waals surface area contributed by atoms with E-state index in [2.05, 4.69) is 15.6 Å². The summed E-state index contributed by atoms with van der Waals surface area (Å²) >= 11 is 1.20. The zero-order valence-corrected chi connectivity index (χ0v) is 13.4. The summed E-state index contributed by atoms with van der Waals surface area (Å²) in [5, 5.41) is 25.2. The van der Waals surface area contributed by atoms with Crippen molar-refractivity contribution >= 4 is 34.3 Å². The maximum atomic E-state index is 11.7. The second-order valence-electron chi connectivity index (χ2n) is 5.32. The Morgan fingerprint density at radius 3 is 2.59 bits per heavy atom. The van der Waals surface area contributed by atoms with E-state index < -0.39 is 24.0 Å². The van der Waals surface area contributed by atoms with Gasteiger partial charge in [-0.1, -0.05) is 13.8 Å². The molecule has 122 valence electrons. The molecule has 8 nitrogen and oxygen atoms in total. The second kappa shape index (κ2) is 7.32. The van der Waals surface area contributed by atoms with E-state index in [1.165, 1.54) is 11.3 Å². The number of hydrogen-bond donors (Lipinski definition) is 4. The number of nitrogens with zero attached hydrogens (tertiary/aromatic N) is 1. The van der Waals surface area contributed by atoms with E-state index in [0.717, 1.165) is 6.92 Å². The van der Waals surface area contributed by atoms with Crippen LogP contribution in [0.2, 0.25) is 0 Å². The smallest absolute Gasteiger partial charge is 0.337 e. The quantitative estimate of drug-likeness (QED) is 0.567. The van der Waals surface area contributed by atoms with Gasteiger partial charge in [0.2, 0.25) is 11.8 Å². The molecule has 0 radical (unpaired) electrons. The molecule has 9 heteroatoms. The topological polar surface area (TPSA) is 129 Å². The van der Waals surface area contributed by atoms with Crippen LogP contribution >= 0.6 is 11.3 Å². The molecule has 22 heavy (non-hydrogen) atoms. The highest BCUT2D eigenvalue weighted by molar-refractivity contribution is 7.13. The van der Waals surface area contributed by atoms with Gasteiger partial charge in [-0.3, -0.25) is 9.59 Å². The largest absolute Gasteiger partial charge is 0.479 e. The van der Waals surface area contributed by atoms with E-state index in [-0.39, 0.29) is 18.2 Å². The average molecular weight is 329 g/mol. The van der Waals surface area contributed by atoms with Crippen LogP contribution in [-0.2, 0) is 20.8 Å². The molecular formula is C13H19N3O5S. The van der Waals surface area contributed by atoms with Crippen molar-refractivity contribution in [2.24, 2.45) is 5.92 Å². The summed E-state index contributed by atoms with van der Waals surface area (Å²) in [6.45, 7) is 4.21. The number of carboxylic acid groups (broad SMARTS) is 1. The van der Waals surface area contributed by atoms with Crippen molar-refractivity contribution in [2.45, 2.75) is 32.8 Å².